The Bertz CT molecular complexity index is 202. The Balaban J connectivity index is 2.04. The van der Waals surface area contributed by atoms with E-state index in [1.165, 1.54) is 24.4 Å². The highest BCUT2D eigenvalue weighted by Crippen LogP contribution is 2.24. The van der Waals surface area contributed by atoms with Crippen molar-refractivity contribution in [1.82, 2.24) is 10.3 Å². The smallest absolute Gasteiger partial charge is 0.0968 e. The summed E-state index contributed by atoms with van der Waals surface area (Å²) in [6.07, 6.45) is 4.50. The lowest BCUT2D eigenvalue weighted by Crippen LogP contribution is -2.28. The molecule has 1 atom stereocenters. The van der Waals surface area contributed by atoms with Gasteiger partial charge in [-0.2, -0.15) is 0 Å². The Morgan fingerprint density at radius 2 is 2.64 bits per heavy atom. The number of piperidine rings is 1. The van der Waals surface area contributed by atoms with Crippen LogP contribution in [0.2, 0.25) is 0 Å². The first-order valence-corrected chi connectivity index (χ1v) is 4.95. The molecule has 0 radical (unpaired) electrons. The number of nitrogens with one attached hydrogen (secondary N) is 1. The van der Waals surface area contributed by atoms with Gasteiger partial charge in [-0.1, -0.05) is 0 Å². The molecule has 0 aliphatic carbocycles. The molecule has 0 amide bonds. The molecule has 1 aromatic rings. The maximum absolute atomic E-state index is 4.32. The van der Waals surface area contributed by atoms with Crippen molar-refractivity contribution in [3.8, 4) is 0 Å². The highest BCUT2D eigenvalue weighted by molar-refractivity contribution is 7.09. The molecule has 0 saturated carbocycles. The van der Waals surface area contributed by atoms with Crippen LogP contribution in [0.15, 0.2) is 11.6 Å². The standard InChI is InChI=1S/C8H12N2S/c1-2-7(6-9-3-1)8-10-4-5-11-8/h4-5,7,9H,1-3,6H2/t7-/m0/s1. The normalized spacial score (nSPS) is 25.3. The van der Waals surface area contributed by atoms with Gasteiger partial charge in [0.1, 0.15) is 0 Å². The van der Waals surface area contributed by atoms with Gasteiger partial charge >= 0.3 is 0 Å². The van der Waals surface area contributed by atoms with Crippen molar-refractivity contribution in [3.05, 3.63) is 16.6 Å². The fourth-order valence-corrected chi connectivity index (χ4v) is 2.28. The van der Waals surface area contributed by atoms with Crippen LogP contribution in [0.3, 0.4) is 0 Å². The van der Waals surface area contributed by atoms with Gasteiger partial charge in [-0.15, -0.1) is 11.3 Å². The van der Waals surface area contributed by atoms with Crippen molar-refractivity contribution in [2.45, 2.75) is 18.8 Å². The Morgan fingerprint density at radius 1 is 1.64 bits per heavy atom. The van der Waals surface area contributed by atoms with Gasteiger partial charge in [0.15, 0.2) is 0 Å². The van der Waals surface area contributed by atoms with Gasteiger partial charge < -0.3 is 5.32 Å². The number of nitrogens with zero attached hydrogens (tertiary/aromatic N) is 1. The third-order valence-corrected chi connectivity index (χ3v) is 3.04. The number of thiazole rings is 1. The van der Waals surface area contributed by atoms with Crippen LogP contribution in [0.5, 0.6) is 0 Å². The molecular formula is C8H12N2S. The average molecular weight is 168 g/mol. The summed E-state index contributed by atoms with van der Waals surface area (Å²) in [7, 11) is 0. The largest absolute Gasteiger partial charge is 0.316 e. The third-order valence-electron chi connectivity index (χ3n) is 2.10. The number of aromatic nitrogens is 1. The summed E-state index contributed by atoms with van der Waals surface area (Å²) in [5, 5.41) is 6.75. The maximum Gasteiger partial charge on any atom is 0.0968 e. The monoisotopic (exact) mass is 168 g/mol. The van der Waals surface area contributed by atoms with E-state index < -0.39 is 0 Å². The number of rotatable bonds is 1. The van der Waals surface area contributed by atoms with Gasteiger partial charge in [-0.25, -0.2) is 4.98 Å². The first-order valence-electron chi connectivity index (χ1n) is 4.07. The molecule has 60 valence electrons. The van der Waals surface area contributed by atoms with Crippen LogP contribution < -0.4 is 5.32 Å². The molecule has 11 heavy (non-hydrogen) atoms. The number of hydrogen-bond acceptors (Lipinski definition) is 3. The lowest BCUT2D eigenvalue weighted by atomic mass is 10.0. The minimum atomic E-state index is 0.684. The van der Waals surface area contributed by atoms with Crippen LogP contribution in [0.4, 0.5) is 0 Å². The fraction of sp³-hybridized carbons (Fsp3) is 0.625. The first kappa shape index (κ1) is 7.25. The molecular weight excluding hydrogens is 156 g/mol. The molecule has 1 fully saturated rings. The second kappa shape index (κ2) is 3.32. The van der Waals surface area contributed by atoms with Crippen molar-refractivity contribution in [1.29, 1.82) is 0 Å². The zero-order valence-electron chi connectivity index (χ0n) is 6.42. The summed E-state index contributed by atoms with van der Waals surface area (Å²) in [4.78, 5) is 4.32. The molecule has 1 saturated heterocycles. The molecule has 2 rings (SSSR count). The van der Waals surface area contributed by atoms with Crippen LogP contribution in [-0.2, 0) is 0 Å². The highest BCUT2D eigenvalue weighted by atomic mass is 32.1. The van der Waals surface area contributed by atoms with E-state index in [4.69, 9.17) is 0 Å². The van der Waals surface area contributed by atoms with Crippen molar-refractivity contribution in [2.24, 2.45) is 0 Å². The summed E-state index contributed by atoms with van der Waals surface area (Å²) in [5.74, 6) is 0.684. The highest BCUT2D eigenvalue weighted by Gasteiger charge is 2.16. The van der Waals surface area contributed by atoms with E-state index in [0.29, 0.717) is 5.92 Å². The van der Waals surface area contributed by atoms with Gasteiger partial charge in [0, 0.05) is 24.0 Å². The second-order valence-electron chi connectivity index (χ2n) is 2.91. The molecule has 1 aliphatic rings. The van der Waals surface area contributed by atoms with E-state index in [1.54, 1.807) is 11.3 Å². The summed E-state index contributed by atoms with van der Waals surface area (Å²) < 4.78 is 0. The molecule has 0 unspecified atom stereocenters. The lowest BCUT2D eigenvalue weighted by molar-refractivity contribution is 0.460. The lowest BCUT2D eigenvalue weighted by Gasteiger charge is -2.20. The van der Waals surface area contributed by atoms with Gasteiger partial charge in [-0.05, 0) is 19.4 Å². The molecule has 3 heteroatoms. The van der Waals surface area contributed by atoms with E-state index >= 15 is 0 Å². The Kier molecular flexibility index (Phi) is 2.19. The van der Waals surface area contributed by atoms with E-state index in [-0.39, 0.29) is 0 Å². The summed E-state index contributed by atoms with van der Waals surface area (Å²) in [6, 6.07) is 0. The summed E-state index contributed by atoms with van der Waals surface area (Å²) in [6.45, 7) is 2.30. The molecule has 1 N–H and O–H groups in total. The van der Waals surface area contributed by atoms with Gasteiger partial charge in [0.25, 0.3) is 0 Å². The van der Waals surface area contributed by atoms with E-state index in [2.05, 4.69) is 15.7 Å². The minimum Gasteiger partial charge on any atom is -0.316 e. The second-order valence-corrected chi connectivity index (χ2v) is 3.84. The van der Waals surface area contributed by atoms with Crippen LogP contribution in [0, 0.1) is 0 Å². The van der Waals surface area contributed by atoms with E-state index in [9.17, 15) is 0 Å². The molecule has 2 heterocycles. The predicted molar refractivity (Wildman–Crippen MR) is 47.0 cm³/mol. The van der Waals surface area contributed by atoms with Crippen molar-refractivity contribution < 1.29 is 0 Å². The number of hydrogen-bond donors (Lipinski definition) is 1. The SMILES string of the molecule is c1csc([C@H]2CCCNC2)n1. The zero-order valence-corrected chi connectivity index (χ0v) is 7.23. The van der Waals surface area contributed by atoms with E-state index in [1.807, 2.05) is 6.20 Å². The molecule has 0 bridgehead atoms. The van der Waals surface area contributed by atoms with Crippen LogP contribution in [-0.4, -0.2) is 18.1 Å². The van der Waals surface area contributed by atoms with Gasteiger partial charge in [0.05, 0.1) is 5.01 Å². The third kappa shape index (κ3) is 1.60. The van der Waals surface area contributed by atoms with Crippen molar-refractivity contribution in [2.75, 3.05) is 13.1 Å². The molecule has 0 aromatic carbocycles. The zero-order chi connectivity index (χ0) is 7.52. The van der Waals surface area contributed by atoms with E-state index in [0.717, 1.165) is 6.54 Å². The van der Waals surface area contributed by atoms with Gasteiger partial charge in [-0.3, -0.25) is 0 Å². The Morgan fingerprint density at radius 3 is 3.27 bits per heavy atom. The maximum atomic E-state index is 4.32. The van der Waals surface area contributed by atoms with Crippen LogP contribution in [0.25, 0.3) is 0 Å². The first-order chi connectivity index (χ1) is 5.47. The van der Waals surface area contributed by atoms with Crippen molar-refractivity contribution >= 4 is 11.3 Å². The van der Waals surface area contributed by atoms with Crippen LogP contribution >= 0.6 is 11.3 Å². The van der Waals surface area contributed by atoms with Crippen LogP contribution in [0.1, 0.15) is 23.8 Å². The minimum absolute atomic E-state index is 0.684. The Labute approximate surface area is 70.7 Å². The quantitative estimate of drug-likeness (QED) is 0.689. The average Bonchev–Trinajstić information content (AvgIpc) is 2.58. The molecule has 1 aromatic heterocycles. The van der Waals surface area contributed by atoms with Gasteiger partial charge in [0.2, 0.25) is 0 Å². The molecule has 0 spiro atoms. The Hall–Kier alpha value is -0.410. The molecule has 2 nitrogen and oxygen atoms in total. The van der Waals surface area contributed by atoms with Crippen molar-refractivity contribution in [3.63, 3.8) is 0 Å². The summed E-state index contributed by atoms with van der Waals surface area (Å²) >= 11 is 1.78. The molecule has 1 aliphatic heterocycles. The summed E-state index contributed by atoms with van der Waals surface area (Å²) in [5.41, 5.74) is 0. The fourth-order valence-electron chi connectivity index (χ4n) is 1.50. The topological polar surface area (TPSA) is 24.9 Å². The predicted octanol–water partition coefficient (Wildman–Crippen LogP) is 1.61.